The minimum atomic E-state index is -0.330. The molecular weight excluding hydrogens is 290 g/mol. The number of carbonyl (C=O) groups excluding carboxylic acids is 2. The summed E-state index contributed by atoms with van der Waals surface area (Å²) in [6, 6.07) is 14.9. The van der Waals surface area contributed by atoms with Gasteiger partial charge in [-0.25, -0.2) is 5.84 Å². The van der Waals surface area contributed by atoms with E-state index in [2.05, 4.69) is 17.7 Å². The number of hydrogen-bond acceptors (Lipinski definition) is 3. The number of nitrogens with two attached hydrogens (primary N) is 1. The van der Waals surface area contributed by atoms with Crippen molar-refractivity contribution in [3.8, 4) is 11.1 Å². The van der Waals surface area contributed by atoms with Crippen molar-refractivity contribution in [2.45, 2.75) is 19.4 Å². The van der Waals surface area contributed by atoms with Crippen molar-refractivity contribution in [1.29, 1.82) is 0 Å². The Bertz CT molecular complexity index is 740. The van der Waals surface area contributed by atoms with Crippen molar-refractivity contribution in [3.63, 3.8) is 0 Å². The van der Waals surface area contributed by atoms with Crippen LogP contribution in [0.15, 0.2) is 48.5 Å². The molecule has 1 fully saturated rings. The number of hydrazine groups is 1. The van der Waals surface area contributed by atoms with Gasteiger partial charge in [0.2, 0.25) is 0 Å². The smallest absolute Gasteiger partial charge is 0.265 e. The van der Waals surface area contributed by atoms with Crippen LogP contribution in [0.25, 0.3) is 11.1 Å². The van der Waals surface area contributed by atoms with Crippen LogP contribution in [0, 0.1) is 5.92 Å². The Hall–Kier alpha value is -2.66. The van der Waals surface area contributed by atoms with E-state index in [0.717, 1.165) is 17.5 Å². The average Bonchev–Trinajstić information content (AvgIpc) is 3.29. The quantitative estimate of drug-likeness (QED) is 0.459. The number of benzene rings is 2. The van der Waals surface area contributed by atoms with Crippen molar-refractivity contribution in [3.05, 3.63) is 59.7 Å². The summed E-state index contributed by atoms with van der Waals surface area (Å²) in [5, 5.41) is 3.02. The highest BCUT2D eigenvalue weighted by Crippen LogP contribution is 2.29. The molecule has 23 heavy (non-hydrogen) atoms. The predicted octanol–water partition coefficient (Wildman–Crippen LogP) is 2.10. The molecule has 1 aliphatic carbocycles. The summed E-state index contributed by atoms with van der Waals surface area (Å²) in [6.07, 6.45) is 1.05. The zero-order valence-electron chi connectivity index (χ0n) is 12.9. The molecule has 4 N–H and O–H groups in total. The van der Waals surface area contributed by atoms with Crippen LogP contribution in [-0.4, -0.2) is 17.9 Å². The van der Waals surface area contributed by atoms with Crippen LogP contribution >= 0.6 is 0 Å². The Morgan fingerprint density at radius 2 is 1.70 bits per heavy atom. The fourth-order valence-corrected chi connectivity index (χ4v) is 2.51. The molecule has 0 aliphatic heterocycles. The van der Waals surface area contributed by atoms with E-state index in [4.69, 9.17) is 5.84 Å². The van der Waals surface area contributed by atoms with Crippen molar-refractivity contribution >= 4 is 11.8 Å². The monoisotopic (exact) mass is 309 g/mol. The minimum absolute atomic E-state index is 0.0414. The first-order valence-electron chi connectivity index (χ1n) is 7.61. The average molecular weight is 309 g/mol. The van der Waals surface area contributed by atoms with Crippen LogP contribution in [0.3, 0.4) is 0 Å². The highest BCUT2D eigenvalue weighted by Gasteiger charge is 2.33. The Labute approximate surface area is 134 Å². The molecule has 5 nitrogen and oxygen atoms in total. The number of rotatable bonds is 4. The number of carbonyl (C=O) groups is 2. The molecule has 2 amide bonds. The normalized spacial score (nSPS) is 19.0. The maximum Gasteiger partial charge on any atom is 0.265 e. The Morgan fingerprint density at radius 1 is 1.00 bits per heavy atom. The van der Waals surface area contributed by atoms with Crippen LogP contribution in [0.2, 0.25) is 0 Å². The van der Waals surface area contributed by atoms with Gasteiger partial charge in [0.05, 0.1) is 0 Å². The third-order valence-electron chi connectivity index (χ3n) is 4.16. The number of hydrogen-bond donors (Lipinski definition) is 3. The Morgan fingerprint density at radius 3 is 2.30 bits per heavy atom. The zero-order valence-corrected chi connectivity index (χ0v) is 12.9. The van der Waals surface area contributed by atoms with Gasteiger partial charge >= 0.3 is 0 Å². The van der Waals surface area contributed by atoms with Gasteiger partial charge in [0.25, 0.3) is 11.8 Å². The molecule has 2 aromatic carbocycles. The molecule has 0 saturated heterocycles. The fourth-order valence-electron chi connectivity index (χ4n) is 2.51. The summed E-state index contributed by atoms with van der Waals surface area (Å²) in [5.74, 6) is 5.32. The van der Waals surface area contributed by atoms with E-state index in [1.165, 1.54) is 0 Å². The van der Waals surface area contributed by atoms with Crippen LogP contribution in [-0.2, 0) is 0 Å². The molecular formula is C18H19N3O2. The van der Waals surface area contributed by atoms with Gasteiger partial charge in [-0.2, -0.15) is 0 Å². The van der Waals surface area contributed by atoms with Crippen LogP contribution in [0.1, 0.15) is 34.1 Å². The van der Waals surface area contributed by atoms with Gasteiger partial charge < -0.3 is 5.32 Å². The van der Waals surface area contributed by atoms with E-state index in [1.807, 2.05) is 36.4 Å². The molecule has 0 bridgehead atoms. The molecule has 2 aromatic rings. The van der Waals surface area contributed by atoms with Gasteiger partial charge in [0.15, 0.2) is 0 Å². The van der Waals surface area contributed by atoms with Crippen molar-refractivity contribution in [2.75, 3.05) is 0 Å². The van der Waals surface area contributed by atoms with Crippen molar-refractivity contribution in [1.82, 2.24) is 10.7 Å². The maximum absolute atomic E-state index is 12.2. The first-order valence-corrected chi connectivity index (χ1v) is 7.61. The highest BCUT2D eigenvalue weighted by atomic mass is 16.2. The van der Waals surface area contributed by atoms with E-state index in [9.17, 15) is 9.59 Å². The Kier molecular flexibility index (Phi) is 4.12. The third-order valence-corrected chi connectivity index (χ3v) is 4.16. The SMILES string of the molecule is CC1CC1NC(=O)c1cccc(-c2ccc(C(=O)NN)cc2)c1. The number of amides is 2. The van der Waals surface area contributed by atoms with Crippen LogP contribution < -0.4 is 16.6 Å². The van der Waals surface area contributed by atoms with E-state index >= 15 is 0 Å². The standard InChI is InChI=1S/C18H19N3O2/c1-11-9-16(11)20-17(22)15-4-2-3-14(10-15)12-5-7-13(8-6-12)18(23)21-19/h2-8,10-11,16H,9,19H2,1H3,(H,20,22)(H,21,23). The van der Waals surface area contributed by atoms with Gasteiger partial charge in [-0.05, 0) is 47.7 Å². The lowest BCUT2D eigenvalue weighted by Gasteiger charge is -2.07. The maximum atomic E-state index is 12.2. The van der Waals surface area contributed by atoms with E-state index < -0.39 is 0 Å². The number of nitrogens with one attached hydrogen (secondary N) is 2. The van der Waals surface area contributed by atoms with Gasteiger partial charge in [-0.15, -0.1) is 0 Å². The van der Waals surface area contributed by atoms with E-state index in [0.29, 0.717) is 23.1 Å². The summed E-state index contributed by atoms with van der Waals surface area (Å²) in [5.41, 5.74) is 5.11. The lowest BCUT2D eigenvalue weighted by atomic mass is 10.0. The summed E-state index contributed by atoms with van der Waals surface area (Å²) < 4.78 is 0. The molecule has 2 atom stereocenters. The fraction of sp³-hybridized carbons (Fsp3) is 0.222. The molecule has 118 valence electrons. The largest absolute Gasteiger partial charge is 0.349 e. The summed E-state index contributed by atoms with van der Waals surface area (Å²) in [4.78, 5) is 23.7. The topological polar surface area (TPSA) is 84.2 Å². The van der Waals surface area contributed by atoms with Crippen molar-refractivity contribution < 1.29 is 9.59 Å². The van der Waals surface area contributed by atoms with Crippen LogP contribution in [0.5, 0.6) is 0 Å². The zero-order chi connectivity index (χ0) is 16.4. The van der Waals surface area contributed by atoms with Gasteiger partial charge in [-0.1, -0.05) is 31.2 Å². The third kappa shape index (κ3) is 3.40. The summed E-state index contributed by atoms with van der Waals surface area (Å²) in [6.45, 7) is 2.13. The Balaban J connectivity index is 1.79. The molecule has 0 spiro atoms. The van der Waals surface area contributed by atoms with Gasteiger partial charge in [0, 0.05) is 17.2 Å². The van der Waals surface area contributed by atoms with E-state index in [-0.39, 0.29) is 11.8 Å². The van der Waals surface area contributed by atoms with Gasteiger partial charge in [-0.3, -0.25) is 15.0 Å². The summed E-state index contributed by atoms with van der Waals surface area (Å²) >= 11 is 0. The second kappa shape index (κ2) is 6.22. The first kappa shape index (κ1) is 15.2. The predicted molar refractivity (Wildman–Crippen MR) is 88.6 cm³/mol. The summed E-state index contributed by atoms with van der Waals surface area (Å²) in [7, 11) is 0. The lowest BCUT2D eigenvalue weighted by molar-refractivity contribution is 0.0943. The first-order chi connectivity index (χ1) is 11.1. The van der Waals surface area contributed by atoms with Gasteiger partial charge in [0.1, 0.15) is 0 Å². The molecule has 0 radical (unpaired) electrons. The molecule has 1 aliphatic rings. The van der Waals surface area contributed by atoms with Crippen LogP contribution in [0.4, 0.5) is 0 Å². The minimum Gasteiger partial charge on any atom is -0.349 e. The number of nitrogen functional groups attached to an aromatic ring is 1. The second-order valence-corrected chi connectivity index (χ2v) is 5.92. The second-order valence-electron chi connectivity index (χ2n) is 5.92. The molecule has 0 aromatic heterocycles. The molecule has 5 heteroatoms. The van der Waals surface area contributed by atoms with E-state index in [1.54, 1.807) is 12.1 Å². The van der Waals surface area contributed by atoms with Crippen molar-refractivity contribution in [2.24, 2.45) is 11.8 Å². The molecule has 1 saturated carbocycles. The molecule has 3 rings (SSSR count). The lowest BCUT2D eigenvalue weighted by Crippen LogP contribution is -2.29. The highest BCUT2D eigenvalue weighted by molar-refractivity contribution is 5.96. The molecule has 2 unspecified atom stereocenters. The molecule has 0 heterocycles.